The third kappa shape index (κ3) is 2.72. The summed E-state index contributed by atoms with van der Waals surface area (Å²) in [6.45, 7) is 5.01. The minimum Gasteiger partial charge on any atom is -0.367 e. The highest BCUT2D eigenvalue weighted by Crippen LogP contribution is 2.29. The molecule has 1 heterocycles. The van der Waals surface area contributed by atoms with Crippen molar-refractivity contribution < 1.29 is 8.42 Å². The minimum atomic E-state index is -3.18. The molecule has 0 fully saturated rings. The summed E-state index contributed by atoms with van der Waals surface area (Å²) in [6, 6.07) is 7.92. The average Bonchev–Trinajstić information content (AvgIpc) is 2.22. The van der Waals surface area contributed by atoms with Crippen LogP contribution in [0.15, 0.2) is 24.3 Å². The van der Waals surface area contributed by atoms with Gasteiger partial charge in [-0.05, 0) is 32.4 Å². The van der Waals surface area contributed by atoms with Gasteiger partial charge in [0.15, 0.2) is 0 Å². The van der Waals surface area contributed by atoms with E-state index in [-0.39, 0.29) is 5.75 Å². The van der Waals surface area contributed by atoms with Crippen LogP contribution in [0, 0.1) is 0 Å². The molecule has 0 bridgehead atoms. The zero-order valence-corrected chi connectivity index (χ0v) is 11.0. The van der Waals surface area contributed by atoms with E-state index in [2.05, 4.69) is 23.5 Å². The Balaban J connectivity index is 2.46. The van der Waals surface area contributed by atoms with Gasteiger partial charge in [-0.3, -0.25) is 4.72 Å². The second-order valence-electron chi connectivity index (χ2n) is 4.58. The third-order valence-corrected chi connectivity index (χ3v) is 4.27. The maximum Gasteiger partial charge on any atom is 0.232 e. The van der Waals surface area contributed by atoms with E-state index < -0.39 is 10.0 Å². The van der Waals surface area contributed by atoms with E-state index in [0.29, 0.717) is 18.2 Å². The van der Waals surface area contributed by atoms with Crippen LogP contribution in [0.25, 0.3) is 0 Å². The smallest absolute Gasteiger partial charge is 0.232 e. The van der Waals surface area contributed by atoms with Crippen molar-refractivity contribution in [3.63, 3.8) is 0 Å². The van der Waals surface area contributed by atoms with Crippen LogP contribution in [0.2, 0.25) is 0 Å². The first-order chi connectivity index (χ1) is 7.99. The summed E-state index contributed by atoms with van der Waals surface area (Å²) in [6.07, 6.45) is 0.655. The molecule has 0 saturated heterocycles. The molecule has 0 aliphatic carbocycles. The van der Waals surface area contributed by atoms with Crippen LogP contribution < -0.4 is 9.62 Å². The number of fused-ring (bicyclic) bond motifs is 1. The van der Waals surface area contributed by atoms with Gasteiger partial charge in [-0.2, -0.15) is 0 Å². The molecular weight excluding hydrogens is 236 g/mol. The summed E-state index contributed by atoms with van der Waals surface area (Å²) >= 11 is 0. The molecule has 17 heavy (non-hydrogen) atoms. The zero-order chi connectivity index (χ0) is 12.5. The standard InChI is InChI=1S/C12H18N2O2S/c1-10(2)14-8-5-9-17(15,16)13-11-6-3-4-7-12(11)14/h3-4,6-7,10,13H,5,8-9H2,1-2H3. The van der Waals surface area contributed by atoms with E-state index in [0.717, 1.165) is 12.2 Å². The molecule has 0 spiro atoms. The van der Waals surface area contributed by atoms with E-state index >= 15 is 0 Å². The van der Waals surface area contributed by atoms with Crippen LogP contribution in [-0.4, -0.2) is 26.8 Å². The molecule has 0 radical (unpaired) electrons. The maximum absolute atomic E-state index is 11.7. The monoisotopic (exact) mass is 254 g/mol. The first kappa shape index (κ1) is 12.2. The molecule has 94 valence electrons. The van der Waals surface area contributed by atoms with Gasteiger partial charge in [0, 0.05) is 12.6 Å². The fourth-order valence-electron chi connectivity index (χ4n) is 2.11. The minimum absolute atomic E-state index is 0.185. The quantitative estimate of drug-likeness (QED) is 0.834. The number of anilines is 2. The molecule has 4 nitrogen and oxygen atoms in total. The highest BCUT2D eigenvalue weighted by molar-refractivity contribution is 7.92. The second kappa shape index (κ2) is 4.56. The Morgan fingerprint density at radius 3 is 2.71 bits per heavy atom. The number of hydrogen-bond acceptors (Lipinski definition) is 3. The predicted octanol–water partition coefficient (Wildman–Crippen LogP) is 2.05. The largest absolute Gasteiger partial charge is 0.367 e. The number of sulfonamides is 1. The summed E-state index contributed by atoms with van der Waals surface area (Å²) in [5.41, 5.74) is 1.65. The van der Waals surface area contributed by atoms with Gasteiger partial charge in [0.05, 0.1) is 17.1 Å². The van der Waals surface area contributed by atoms with Crippen molar-refractivity contribution in [2.45, 2.75) is 26.3 Å². The second-order valence-corrected chi connectivity index (χ2v) is 6.42. The molecule has 1 aromatic rings. The molecule has 0 atom stereocenters. The summed E-state index contributed by atoms with van der Waals surface area (Å²) in [5, 5.41) is 0. The Kier molecular flexibility index (Phi) is 3.28. The molecule has 0 saturated carbocycles. The lowest BCUT2D eigenvalue weighted by Crippen LogP contribution is -2.36. The van der Waals surface area contributed by atoms with Crippen molar-refractivity contribution in [1.29, 1.82) is 0 Å². The molecule has 2 rings (SSSR count). The lowest BCUT2D eigenvalue weighted by Gasteiger charge is -2.32. The number of rotatable bonds is 1. The molecule has 0 unspecified atom stereocenters. The number of nitrogens with one attached hydrogen (secondary N) is 1. The van der Waals surface area contributed by atoms with Gasteiger partial charge in [0.2, 0.25) is 10.0 Å². The first-order valence-corrected chi connectivity index (χ1v) is 7.51. The maximum atomic E-state index is 11.7. The van der Waals surface area contributed by atoms with E-state index in [1.165, 1.54) is 0 Å². The molecule has 1 aliphatic heterocycles. The van der Waals surface area contributed by atoms with E-state index in [4.69, 9.17) is 0 Å². The lowest BCUT2D eigenvalue weighted by molar-refractivity contribution is 0.593. The Morgan fingerprint density at radius 1 is 1.29 bits per heavy atom. The van der Waals surface area contributed by atoms with Gasteiger partial charge >= 0.3 is 0 Å². The Hall–Kier alpha value is -1.23. The summed E-state index contributed by atoms with van der Waals surface area (Å²) < 4.78 is 26.1. The van der Waals surface area contributed by atoms with Gasteiger partial charge in [0.25, 0.3) is 0 Å². The van der Waals surface area contributed by atoms with Gasteiger partial charge in [-0.25, -0.2) is 8.42 Å². The highest BCUT2D eigenvalue weighted by atomic mass is 32.2. The topological polar surface area (TPSA) is 49.4 Å². The molecule has 1 aromatic carbocycles. The van der Waals surface area contributed by atoms with Crippen molar-refractivity contribution >= 4 is 21.4 Å². The summed E-state index contributed by atoms with van der Waals surface area (Å²) in [5.74, 6) is 0.185. The van der Waals surface area contributed by atoms with E-state index in [1.807, 2.05) is 24.3 Å². The lowest BCUT2D eigenvalue weighted by atomic mass is 10.2. The Bertz CT molecular complexity index is 497. The Morgan fingerprint density at radius 2 is 2.00 bits per heavy atom. The number of benzene rings is 1. The number of hydrogen-bond donors (Lipinski definition) is 1. The highest BCUT2D eigenvalue weighted by Gasteiger charge is 2.21. The molecule has 1 N–H and O–H groups in total. The Labute approximate surface area is 103 Å². The first-order valence-electron chi connectivity index (χ1n) is 5.86. The van der Waals surface area contributed by atoms with Crippen molar-refractivity contribution in [2.75, 3.05) is 21.9 Å². The average molecular weight is 254 g/mol. The number of nitrogens with zero attached hydrogens (tertiary/aromatic N) is 1. The van der Waals surface area contributed by atoms with Crippen LogP contribution in [0.4, 0.5) is 11.4 Å². The molecule has 1 aliphatic rings. The molecule has 0 aromatic heterocycles. The molecular formula is C12H18N2O2S. The predicted molar refractivity (Wildman–Crippen MR) is 71.0 cm³/mol. The molecule has 5 heteroatoms. The third-order valence-electron chi connectivity index (χ3n) is 2.91. The van der Waals surface area contributed by atoms with Gasteiger partial charge in [-0.1, -0.05) is 12.1 Å². The van der Waals surface area contributed by atoms with Gasteiger partial charge in [0.1, 0.15) is 0 Å². The summed E-state index contributed by atoms with van der Waals surface area (Å²) in [4.78, 5) is 2.23. The fourth-order valence-corrected chi connectivity index (χ4v) is 3.23. The van der Waals surface area contributed by atoms with Gasteiger partial charge < -0.3 is 4.90 Å². The van der Waals surface area contributed by atoms with Crippen LogP contribution in [0.5, 0.6) is 0 Å². The van der Waals surface area contributed by atoms with Crippen LogP contribution >= 0.6 is 0 Å². The summed E-state index contributed by atoms with van der Waals surface area (Å²) in [7, 11) is -3.18. The van der Waals surface area contributed by atoms with Crippen LogP contribution in [0.3, 0.4) is 0 Å². The molecule has 0 amide bonds. The van der Waals surface area contributed by atoms with Gasteiger partial charge in [-0.15, -0.1) is 0 Å². The van der Waals surface area contributed by atoms with Crippen molar-refractivity contribution in [1.82, 2.24) is 0 Å². The van der Waals surface area contributed by atoms with Crippen molar-refractivity contribution in [3.8, 4) is 0 Å². The zero-order valence-electron chi connectivity index (χ0n) is 10.2. The fraction of sp³-hybridized carbons (Fsp3) is 0.500. The van der Waals surface area contributed by atoms with Crippen molar-refractivity contribution in [3.05, 3.63) is 24.3 Å². The van der Waals surface area contributed by atoms with Crippen LogP contribution in [-0.2, 0) is 10.0 Å². The van der Waals surface area contributed by atoms with E-state index in [1.54, 1.807) is 0 Å². The normalized spacial score (nSPS) is 19.1. The van der Waals surface area contributed by atoms with Crippen LogP contribution in [0.1, 0.15) is 20.3 Å². The van der Waals surface area contributed by atoms with Crippen molar-refractivity contribution in [2.24, 2.45) is 0 Å². The SMILES string of the molecule is CC(C)N1CCCS(=O)(=O)Nc2ccccc21. The van der Waals surface area contributed by atoms with E-state index in [9.17, 15) is 8.42 Å². The number of para-hydroxylation sites is 2.